The molecule has 1 aromatic carbocycles. The Bertz CT molecular complexity index is 1000. The van der Waals surface area contributed by atoms with E-state index in [4.69, 9.17) is 0 Å². The molecule has 1 N–H and O–H groups in total. The van der Waals surface area contributed by atoms with Crippen LogP contribution in [0.5, 0.6) is 0 Å². The zero-order valence-electron chi connectivity index (χ0n) is 18.6. The summed E-state index contributed by atoms with van der Waals surface area (Å²) in [6, 6.07) is 8.63. The summed E-state index contributed by atoms with van der Waals surface area (Å²) in [5.74, 6) is 1.13. The Labute approximate surface area is 189 Å². The monoisotopic (exact) mass is 433 g/mol. The van der Waals surface area contributed by atoms with Gasteiger partial charge in [-0.1, -0.05) is 24.3 Å². The Balaban J connectivity index is 1.08. The highest BCUT2D eigenvalue weighted by Crippen LogP contribution is 2.38. The molecule has 0 saturated heterocycles. The maximum atomic E-state index is 13.0. The number of aromatic nitrogens is 2. The van der Waals surface area contributed by atoms with Gasteiger partial charge < -0.3 is 10.2 Å². The maximum absolute atomic E-state index is 13.0. The number of nitrogens with one attached hydrogen (secondary N) is 1. The van der Waals surface area contributed by atoms with Gasteiger partial charge in [0.15, 0.2) is 0 Å². The summed E-state index contributed by atoms with van der Waals surface area (Å²) in [4.78, 5) is 38.6. The van der Waals surface area contributed by atoms with Crippen molar-refractivity contribution in [2.24, 2.45) is 0 Å². The van der Waals surface area contributed by atoms with Gasteiger partial charge in [0.2, 0.25) is 5.91 Å². The van der Waals surface area contributed by atoms with Crippen LogP contribution in [-0.4, -0.2) is 64.3 Å². The molecule has 7 nitrogen and oxygen atoms in total. The fourth-order valence-corrected chi connectivity index (χ4v) is 4.70. The van der Waals surface area contributed by atoms with Crippen molar-refractivity contribution in [3.05, 3.63) is 58.7 Å². The molecule has 2 aliphatic heterocycles. The van der Waals surface area contributed by atoms with Crippen LogP contribution in [0.15, 0.2) is 30.5 Å². The molecule has 7 heteroatoms. The number of carbonyl (C=O) groups is 2. The second-order valence-electron chi connectivity index (χ2n) is 9.19. The topological polar surface area (TPSA) is 78.4 Å². The molecule has 1 saturated carbocycles. The minimum absolute atomic E-state index is 0.0960. The van der Waals surface area contributed by atoms with Crippen molar-refractivity contribution in [3.63, 3.8) is 0 Å². The Morgan fingerprint density at radius 1 is 1.12 bits per heavy atom. The van der Waals surface area contributed by atoms with Gasteiger partial charge in [0.25, 0.3) is 5.91 Å². The molecule has 32 heavy (non-hydrogen) atoms. The average Bonchev–Trinajstić information content (AvgIpc) is 3.66. The molecule has 168 valence electrons. The fourth-order valence-electron chi connectivity index (χ4n) is 4.70. The van der Waals surface area contributed by atoms with E-state index in [1.165, 1.54) is 11.1 Å². The molecular formula is C25H31N5O2. The minimum Gasteiger partial charge on any atom is -0.355 e. The third-order valence-electron chi connectivity index (χ3n) is 6.71. The summed E-state index contributed by atoms with van der Waals surface area (Å²) < 4.78 is 0. The lowest BCUT2D eigenvalue weighted by Gasteiger charge is -2.28. The molecule has 0 atom stereocenters. The summed E-state index contributed by atoms with van der Waals surface area (Å²) >= 11 is 0. The lowest BCUT2D eigenvalue weighted by Crippen LogP contribution is -2.41. The Morgan fingerprint density at radius 3 is 2.81 bits per heavy atom. The van der Waals surface area contributed by atoms with Crippen molar-refractivity contribution in [2.45, 2.75) is 51.0 Å². The summed E-state index contributed by atoms with van der Waals surface area (Å²) in [5, 5.41) is 3.00. The van der Waals surface area contributed by atoms with Crippen LogP contribution in [0.2, 0.25) is 0 Å². The van der Waals surface area contributed by atoms with Gasteiger partial charge >= 0.3 is 0 Å². The fraction of sp³-hybridized carbons (Fsp3) is 0.520. The van der Waals surface area contributed by atoms with Crippen LogP contribution >= 0.6 is 0 Å². The van der Waals surface area contributed by atoms with Crippen molar-refractivity contribution >= 4 is 11.8 Å². The van der Waals surface area contributed by atoms with Crippen molar-refractivity contribution in [3.8, 4) is 0 Å². The zero-order valence-corrected chi connectivity index (χ0v) is 18.6. The summed E-state index contributed by atoms with van der Waals surface area (Å²) in [7, 11) is 0. The molecule has 2 aromatic rings. The van der Waals surface area contributed by atoms with Gasteiger partial charge in [-0.15, -0.1) is 0 Å². The minimum atomic E-state index is -0.123. The molecule has 0 radical (unpaired) electrons. The molecule has 0 bridgehead atoms. The highest BCUT2D eigenvalue weighted by Gasteiger charge is 2.30. The van der Waals surface area contributed by atoms with Gasteiger partial charge in [-0.2, -0.15) is 0 Å². The van der Waals surface area contributed by atoms with Gasteiger partial charge in [-0.05, 0) is 49.7 Å². The van der Waals surface area contributed by atoms with Gasteiger partial charge in [-0.3, -0.25) is 14.5 Å². The number of carbonyl (C=O) groups excluding carboxylic acids is 2. The SMILES string of the molecule is O=C(CN1CCCc2nc(C3CC3)ncc2C1=O)NCCCN1CCc2ccccc2C1. The molecule has 1 aromatic heterocycles. The first-order valence-corrected chi connectivity index (χ1v) is 11.9. The van der Waals surface area contributed by atoms with Crippen molar-refractivity contribution in [1.82, 2.24) is 25.1 Å². The molecule has 3 heterocycles. The van der Waals surface area contributed by atoms with Gasteiger partial charge in [0, 0.05) is 44.8 Å². The summed E-state index contributed by atoms with van der Waals surface area (Å²) in [6.45, 7) is 4.32. The van der Waals surface area contributed by atoms with E-state index in [9.17, 15) is 9.59 Å². The predicted octanol–water partition coefficient (Wildman–Crippen LogP) is 2.31. The lowest BCUT2D eigenvalue weighted by atomic mass is 10.00. The highest BCUT2D eigenvalue weighted by atomic mass is 16.2. The number of fused-ring (bicyclic) bond motifs is 2. The van der Waals surface area contributed by atoms with Crippen LogP contribution in [0, 0.1) is 0 Å². The largest absolute Gasteiger partial charge is 0.355 e. The van der Waals surface area contributed by atoms with Crippen LogP contribution in [0.4, 0.5) is 0 Å². The first kappa shape index (κ1) is 21.1. The Kier molecular flexibility index (Phi) is 6.17. The summed E-state index contributed by atoms with van der Waals surface area (Å²) in [5.41, 5.74) is 4.27. The first-order valence-electron chi connectivity index (χ1n) is 11.9. The van der Waals surface area contributed by atoms with Gasteiger partial charge in [0.05, 0.1) is 17.8 Å². The first-order chi connectivity index (χ1) is 15.7. The number of hydrogen-bond acceptors (Lipinski definition) is 5. The van der Waals surface area contributed by atoms with Crippen LogP contribution < -0.4 is 5.32 Å². The molecule has 0 spiro atoms. The third kappa shape index (κ3) is 4.83. The number of amides is 2. The number of benzene rings is 1. The van der Waals surface area contributed by atoms with E-state index in [0.717, 1.165) is 69.7 Å². The number of rotatable bonds is 7. The Hall–Kier alpha value is -2.80. The number of hydrogen-bond donors (Lipinski definition) is 1. The van der Waals surface area contributed by atoms with Crippen molar-refractivity contribution < 1.29 is 9.59 Å². The van der Waals surface area contributed by atoms with Crippen molar-refractivity contribution in [1.29, 1.82) is 0 Å². The van der Waals surface area contributed by atoms with Crippen LogP contribution in [-0.2, 0) is 24.2 Å². The second kappa shape index (κ2) is 9.36. The maximum Gasteiger partial charge on any atom is 0.257 e. The van der Waals surface area contributed by atoms with E-state index < -0.39 is 0 Å². The summed E-state index contributed by atoms with van der Waals surface area (Å²) in [6.07, 6.45) is 7.54. The number of nitrogens with zero attached hydrogens (tertiary/aromatic N) is 4. The zero-order chi connectivity index (χ0) is 21.9. The smallest absolute Gasteiger partial charge is 0.257 e. The quantitative estimate of drug-likeness (QED) is 0.678. The molecule has 2 amide bonds. The average molecular weight is 434 g/mol. The van der Waals surface area contributed by atoms with E-state index in [1.807, 2.05) is 0 Å². The Morgan fingerprint density at radius 2 is 1.97 bits per heavy atom. The number of aryl methyl sites for hydroxylation is 1. The van der Waals surface area contributed by atoms with E-state index in [1.54, 1.807) is 11.1 Å². The molecule has 1 aliphatic carbocycles. The van der Waals surface area contributed by atoms with Crippen molar-refractivity contribution in [2.75, 3.05) is 32.7 Å². The van der Waals surface area contributed by atoms with Crippen LogP contribution in [0.25, 0.3) is 0 Å². The molecule has 3 aliphatic rings. The molecule has 5 rings (SSSR count). The predicted molar refractivity (Wildman–Crippen MR) is 121 cm³/mol. The van der Waals surface area contributed by atoms with Crippen LogP contribution in [0.1, 0.15) is 64.6 Å². The molecular weight excluding hydrogens is 402 g/mol. The molecule has 1 fully saturated rings. The highest BCUT2D eigenvalue weighted by molar-refractivity contribution is 5.97. The third-order valence-corrected chi connectivity index (χ3v) is 6.71. The van der Waals surface area contributed by atoms with E-state index in [-0.39, 0.29) is 18.4 Å². The van der Waals surface area contributed by atoms with E-state index in [0.29, 0.717) is 24.6 Å². The molecule has 0 unspecified atom stereocenters. The van der Waals surface area contributed by atoms with Gasteiger partial charge in [-0.25, -0.2) is 9.97 Å². The van der Waals surface area contributed by atoms with Crippen LogP contribution in [0.3, 0.4) is 0 Å². The van der Waals surface area contributed by atoms with Gasteiger partial charge in [0.1, 0.15) is 5.82 Å². The normalized spacial score (nSPS) is 18.6. The van der Waals surface area contributed by atoms with E-state index in [2.05, 4.69) is 44.5 Å². The standard InChI is InChI=1S/C25H31N5O2/c31-23(26-11-4-12-29-14-10-18-5-1-2-6-20(18)16-29)17-30-13-3-7-22-21(25(30)32)15-27-24(28-22)19-8-9-19/h1-2,5-6,15,19H,3-4,7-14,16-17H2,(H,26,31). The second-order valence-corrected chi connectivity index (χ2v) is 9.19. The lowest BCUT2D eigenvalue weighted by molar-refractivity contribution is -0.121. The van der Waals surface area contributed by atoms with E-state index >= 15 is 0 Å².